The summed E-state index contributed by atoms with van der Waals surface area (Å²) in [5, 5.41) is 0. The van der Waals surface area contributed by atoms with Crippen LogP contribution in [0.2, 0.25) is 0 Å². The molecule has 1 fully saturated rings. The van der Waals surface area contributed by atoms with Gasteiger partial charge in [0.25, 0.3) is 0 Å². The first-order chi connectivity index (χ1) is 10.1. The molecule has 1 saturated heterocycles. The first-order valence-corrected chi connectivity index (χ1v) is 7.14. The molecular weight excluding hydrogens is 306 g/mol. The number of hydrogen-bond donors (Lipinski definition) is 2. The summed E-state index contributed by atoms with van der Waals surface area (Å²) in [7, 11) is 0. The second-order valence-electron chi connectivity index (χ2n) is 5.11. The van der Waals surface area contributed by atoms with Gasteiger partial charge in [-0.05, 0) is 31.0 Å². The summed E-state index contributed by atoms with van der Waals surface area (Å²) in [6.07, 6.45) is 2.29. The SMILES string of the molecule is Cl.NCC1CCCN1C(=O)CCOc1cccc(C(N)=O)c1. The quantitative estimate of drug-likeness (QED) is 0.811. The zero-order valence-corrected chi connectivity index (χ0v) is 13.2. The Bertz CT molecular complexity index is 525. The van der Waals surface area contributed by atoms with E-state index < -0.39 is 5.91 Å². The molecule has 4 N–H and O–H groups in total. The van der Waals surface area contributed by atoms with Crippen LogP contribution in [0.25, 0.3) is 0 Å². The number of rotatable bonds is 6. The van der Waals surface area contributed by atoms with Gasteiger partial charge in [-0.25, -0.2) is 0 Å². The molecule has 0 aromatic heterocycles. The van der Waals surface area contributed by atoms with Crippen LogP contribution in [0, 0.1) is 0 Å². The van der Waals surface area contributed by atoms with E-state index in [0.717, 1.165) is 19.4 Å². The summed E-state index contributed by atoms with van der Waals surface area (Å²) in [5.41, 5.74) is 11.3. The van der Waals surface area contributed by atoms with Crippen LogP contribution in [0.15, 0.2) is 24.3 Å². The first-order valence-electron chi connectivity index (χ1n) is 7.14. The van der Waals surface area contributed by atoms with Crippen molar-refractivity contribution in [3.05, 3.63) is 29.8 Å². The molecule has 22 heavy (non-hydrogen) atoms. The van der Waals surface area contributed by atoms with Gasteiger partial charge < -0.3 is 21.1 Å². The molecular formula is C15H22ClN3O3. The summed E-state index contributed by atoms with van der Waals surface area (Å²) in [6, 6.07) is 6.79. The Morgan fingerprint density at radius 3 is 2.82 bits per heavy atom. The average Bonchev–Trinajstić information content (AvgIpc) is 2.96. The highest BCUT2D eigenvalue weighted by molar-refractivity contribution is 5.93. The molecule has 1 heterocycles. The maximum Gasteiger partial charge on any atom is 0.248 e. The van der Waals surface area contributed by atoms with E-state index in [9.17, 15) is 9.59 Å². The number of likely N-dealkylation sites (tertiary alicyclic amines) is 1. The van der Waals surface area contributed by atoms with Crippen molar-refractivity contribution in [2.75, 3.05) is 19.7 Å². The van der Waals surface area contributed by atoms with Crippen molar-refractivity contribution < 1.29 is 14.3 Å². The van der Waals surface area contributed by atoms with Crippen LogP contribution in [-0.2, 0) is 4.79 Å². The maximum atomic E-state index is 12.1. The molecule has 1 aliphatic rings. The minimum absolute atomic E-state index is 0. The number of benzene rings is 1. The van der Waals surface area contributed by atoms with Crippen molar-refractivity contribution in [3.63, 3.8) is 0 Å². The molecule has 0 saturated carbocycles. The number of carbonyl (C=O) groups is 2. The number of amides is 2. The van der Waals surface area contributed by atoms with Gasteiger partial charge in [-0.2, -0.15) is 0 Å². The Hall–Kier alpha value is -1.79. The second kappa shape index (κ2) is 8.60. The third kappa shape index (κ3) is 4.61. The van der Waals surface area contributed by atoms with E-state index >= 15 is 0 Å². The van der Waals surface area contributed by atoms with E-state index in [1.165, 1.54) is 0 Å². The molecule has 1 aromatic carbocycles. The molecule has 1 aromatic rings. The summed E-state index contributed by atoms with van der Waals surface area (Å²) >= 11 is 0. The van der Waals surface area contributed by atoms with Crippen LogP contribution in [0.4, 0.5) is 0 Å². The number of primary amides is 1. The van der Waals surface area contributed by atoms with Gasteiger partial charge in [0.05, 0.1) is 13.0 Å². The number of halogens is 1. The zero-order chi connectivity index (χ0) is 15.2. The van der Waals surface area contributed by atoms with E-state index in [1.54, 1.807) is 24.3 Å². The third-order valence-electron chi connectivity index (χ3n) is 3.67. The van der Waals surface area contributed by atoms with Crippen molar-refractivity contribution in [3.8, 4) is 5.75 Å². The fourth-order valence-corrected chi connectivity index (χ4v) is 2.55. The number of nitrogens with two attached hydrogens (primary N) is 2. The van der Waals surface area contributed by atoms with Crippen LogP contribution in [-0.4, -0.2) is 42.5 Å². The largest absolute Gasteiger partial charge is 0.493 e. The zero-order valence-electron chi connectivity index (χ0n) is 12.4. The molecule has 2 amide bonds. The minimum atomic E-state index is -0.501. The Kier molecular flexibility index (Phi) is 7.14. The van der Waals surface area contributed by atoms with Crippen molar-refractivity contribution in [1.82, 2.24) is 4.90 Å². The Labute approximate surface area is 136 Å². The molecule has 1 atom stereocenters. The fraction of sp³-hybridized carbons (Fsp3) is 0.467. The van der Waals surface area contributed by atoms with Gasteiger partial charge in [0.15, 0.2) is 0 Å². The van der Waals surface area contributed by atoms with Crippen LogP contribution in [0.1, 0.15) is 29.6 Å². The van der Waals surface area contributed by atoms with Gasteiger partial charge >= 0.3 is 0 Å². The lowest BCUT2D eigenvalue weighted by molar-refractivity contribution is -0.132. The van der Waals surface area contributed by atoms with Gasteiger partial charge in [0, 0.05) is 24.7 Å². The smallest absolute Gasteiger partial charge is 0.248 e. The van der Waals surface area contributed by atoms with Gasteiger partial charge in [-0.3, -0.25) is 9.59 Å². The minimum Gasteiger partial charge on any atom is -0.493 e. The highest BCUT2D eigenvalue weighted by atomic mass is 35.5. The maximum absolute atomic E-state index is 12.1. The third-order valence-corrected chi connectivity index (χ3v) is 3.67. The normalized spacial score (nSPS) is 17.0. The molecule has 7 heteroatoms. The van der Waals surface area contributed by atoms with Gasteiger partial charge in [-0.1, -0.05) is 6.07 Å². The second-order valence-corrected chi connectivity index (χ2v) is 5.11. The van der Waals surface area contributed by atoms with Gasteiger partial charge in [-0.15, -0.1) is 12.4 Å². The average molecular weight is 328 g/mol. The van der Waals surface area contributed by atoms with Crippen LogP contribution >= 0.6 is 12.4 Å². The van der Waals surface area contributed by atoms with E-state index in [1.807, 2.05) is 4.90 Å². The fourth-order valence-electron chi connectivity index (χ4n) is 2.55. The van der Waals surface area contributed by atoms with E-state index in [0.29, 0.717) is 24.3 Å². The number of hydrogen-bond acceptors (Lipinski definition) is 4. The first kappa shape index (κ1) is 18.3. The molecule has 0 radical (unpaired) electrons. The topological polar surface area (TPSA) is 98.7 Å². The Balaban J connectivity index is 0.00000242. The number of nitrogens with zero attached hydrogens (tertiary/aromatic N) is 1. The number of carbonyl (C=O) groups excluding carboxylic acids is 2. The predicted octanol–water partition coefficient (Wildman–Crippen LogP) is 0.926. The molecule has 0 spiro atoms. The highest BCUT2D eigenvalue weighted by Crippen LogP contribution is 2.18. The highest BCUT2D eigenvalue weighted by Gasteiger charge is 2.26. The molecule has 0 aliphatic carbocycles. The molecule has 1 unspecified atom stereocenters. The molecule has 2 rings (SSSR count). The monoisotopic (exact) mass is 327 g/mol. The predicted molar refractivity (Wildman–Crippen MR) is 86.1 cm³/mol. The van der Waals surface area contributed by atoms with Gasteiger partial charge in [0.2, 0.25) is 11.8 Å². The van der Waals surface area contributed by atoms with Crippen LogP contribution in [0.5, 0.6) is 5.75 Å². The summed E-state index contributed by atoms with van der Waals surface area (Å²) in [6.45, 7) is 1.56. The molecule has 1 aliphatic heterocycles. The Morgan fingerprint density at radius 2 is 2.14 bits per heavy atom. The standard InChI is InChI=1S/C15H21N3O3.ClH/c16-10-12-4-2-7-18(12)14(19)6-8-21-13-5-1-3-11(9-13)15(17)20;/h1,3,5,9,12H,2,4,6-8,10,16H2,(H2,17,20);1H. The van der Waals surface area contributed by atoms with Crippen molar-refractivity contribution in [1.29, 1.82) is 0 Å². The molecule has 6 nitrogen and oxygen atoms in total. The van der Waals surface area contributed by atoms with Gasteiger partial charge in [0.1, 0.15) is 5.75 Å². The van der Waals surface area contributed by atoms with Crippen LogP contribution < -0.4 is 16.2 Å². The van der Waals surface area contributed by atoms with E-state index in [2.05, 4.69) is 0 Å². The lowest BCUT2D eigenvalue weighted by Crippen LogP contribution is -2.40. The Morgan fingerprint density at radius 1 is 1.36 bits per heavy atom. The van der Waals surface area contributed by atoms with E-state index in [-0.39, 0.29) is 31.0 Å². The molecule has 122 valence electrons. The summed E-state index contributed by atoms with van der Waals surface area (Å²) in [4.78, 5) is 25.0. The van der Waals surface area contributed by atoms with Crippen LogP contribution in [0.3, 0.4) is 0 Å². The summed E-state index contributed by atoms with van der Waals surface area (Å²) < 4.78 is 5.51. The van der Waals surface area contributed by atoms with Crippen molar-refractivity contribution in [2.45, 2.75) is 25.3 Å². The summed E-state index contributed by atoms with van der Waals surface area (Å²) in [5.74, 6) is 0.101. The van der Waals surface area contributed by atoms with Crippen molar-refractivity contribution in [2.24, 2.45) is 11.5 Å². The van der Waals surface area contributed by atoms with Crippen molar-refractivity contribution >= 4 is 24.2 Å². The number of ether oxygens (including phenoxy) is 1. The lowest BCUT2D eigenvalue weighted by atomic mass is 10.2. The lowest BCUT2D eigenvalue weighted by Gasteiger charge is -2.23. The molecule has 0 bridgehead atoms. The van der Waals surface area contributed by atoms with E-state index in [4.69, 9.17) is 16.2 Å².